The molecule has 0 atom stereocenters. The summed E-state index contributed by atoms with van der Waals surface area (Å²) in [6, 6.07) is 8.44. The van der Waals surface area contributed by atoms with Crippen molar-refractivity contribution in [2.45, 2.75) is 26.7 Å². The maximum atomic E-state index is 5.65. The minimum Gasteiger partial charge on any atom is -0.330 e. The van der Waals surface area contributed by atoms with E-state index < -0.39 is 0 Å². The van der Waals surface area contributed by atoms with Gasteiger partial charge in [-0.15, -0.1) is 0 Å². The molecule has 0 bridgehead atoms. The highest BCUT2D eigenvalue weighted by Gasteiger charge is 2.18. The molecule has 0 amide bonds. The van der Waals surface area contributed by atoms with E-state index in [0.717, 1.165) is 32.5 Å². The summed E-state index contributed by atoms with van der Waals surface area (Å²) in [4.78, 5) is 2.40. The number of hydrogen-bond acceptors (Lipinski definition) is 2. The monoisotopic (exact) mass is 312 g/mol. The quantitative estimate of drug-likeness (QED) is 0.837. The topological polar surface area (TPSA) is 29.3 Å². The van der Waals surface area contributed by atoms with Crippen LogP contribution in [0.25, 0.3) is 0 Å². The normalized spacial score (nSPS) is 12.1. The van der Waals surface area contributed by atoms with Crippen LogP contribution < -0.4 is 5.73 Å². The Morgan fingerprint density at radius 1 is 1.28 bits per heavy atom. The van der Waals surface area contributed by atoms with E-state index in [-0.39, 0.29) is 0 Å². The van der Waals surface area contributed by atoms with Crippen LogP contribution >= 0.6 is 15.9 Å². The molecule has 0 spiro atoms. The summed E-state index contributed by atoms with van der Waals surface area (Å²) in [7, 11) is 2.19. The van der Waals surface area contributed by atoms with E-state index in [1.54, 1.807) is 0 Å². The summed E-state index contributed by atoms with van der Waals surface area (Å²) in [5, 5.41) is 0. The summed E-state index contributed by atoms with van der Waals surface area (Å²) in [5.41, 5.74) is 7.33. The highest BCUT2D eigenvalue weighted by molar-refractivity contribution is 9.10. The van der Waals surface area contributed by atoms with Gasteiger partial charge in [-0.1, -0.05) is 48.0 Å². The van der Waals surface area contributed by atoms with Crippen LogP contribution in [0.2, 0.25) is 0 Å². The second kappa shape index (κ2) is 7.27. The maximum absolute atomic E-state index is 5.65. The number of benzene rings is 1. The molecule has 2 N–H and O–H groups in total. The van der Waals surface area contributed by atoms with E-state index in [9.17, 15) is 0 Å². The molecule has 0 aliphatic carbocycles. The molecule has 0 heterocycles. The average molecular weight is 313 g/mol. The van der Waals surface area contributed by atoms with Gasteiger partial charge in [-0.05, 0) is 43.5 Å². The molecule has 1 rings (SSSR count). The smallest absolute Gasteiger partial charge is 0.0207 e. The number of nitrogens with zero attached hydrogens (tertiary/aromatic N) is 1. The van der Waals surface area contributed by atoms with Crippen molar-refractivity contribution in [1.29, 1.82) is 0 Å². The maximum Gasteiger partial charge on any atom is 0.0207 e. The molecule has 0 saturated carbocycles. The van der Waals surface area contributed by atoms with Crippen LogP contribution in [0, 0.1) is 5.41 Å². The van der Waals surface area contributed by atoms with Gasteiger partial charge < -0.3 is 10.6 Å². The minimum absolute atomic E-state index is 0.303. The summed E-state index contributed by atoms with van der Waals surface area (Å²) in [6.45, 7) is 7.51. The zero-order chi connectivity index (χ0) is 13.6. The summed E-state index contributed by atoms with van der Waals surface area (Å²) in [5.74, 6) is 0. The zero-order valence-electron chi connectivity index (χ0n) is 11.7. The first-order chi connectivity index (χ1) is 8.44. The van der Waals surface area contributed by atoms with Gasteiger partial charge in [-0.2, -0.15) is 0 Å². The standard InChI is InChI=1S/C15H25BrN2/c1-15(2,9-10-17)12-18(3)11-8-13-6-4-5-7-14(13)16/h4-7H,8-12,17H2,1-3H3. The second-order valence-electron chi connectivity index (χ2n) is 5.78. The fraction of sp³-hybridized carbons (Fsp3) is 0.600. The Bertz CT molecular complexity index is 363. The lowest BCUT2D eigenvalue weighted by atomic mass is 9.89. The first-order valence-corrected chi connectivity index (χ1v) is 7.36. The van der Waals surface area contributed by atoms with E-state index in [1.165, 1.54) is 10.0 Å². The summed E-state index contributed by atoms with van der Waals surface area (Å²) >= 11 is 3.60. The largest absolute Gasteiger partial charge is 0.330 e. The third kappa shape index (κ3) is 5.51. The molecule has 1 aromatic rings. The van der Waals surface area contributed by atoms with Crippen molar-refractivity contribution in [3.63, 3.8) is 0 Å². The molecule has 0 fully saturated rings. The zero-order valence-corrected chi connectivity index (χ0v) is 13.3. The van der Waals surface area contributed by atoms with Gasteiger partial charge in [0.25, 0.3) is 0 Å². The molecule has 0 aliphatic heterocycles. The van der Waals surface area contributed by atoms with Crippen LogP contribution in [-0.4, -0.2) is 31.6 Å². The molecule has 0 aromatic heterocycles. The van der Waals surface area contributed by atoms with Gasteiger partial charge in [-0.25, -0.2) is 0 Å². The predicted octanol–water partition coefficient (Wildman–Crippen LogP) is 3.30. The predicted molar refractivity (Wildman–Crippen MR) is 82.8 cm³/mol. The highest BCUT2D eigenvalue weighted by atomic mass is 79.9. The number of halogens is 1. The van der Waals surface area contributed by atoms with Crippen LogP contribution in [0.3, 0.4) is 0 Å². The van der Waals surface area contributed by atoms with Crippen molar-refractivity contribution < 1.29 is 0 Å². The number of likely N-dealkylation sites (N-methyl/N-ethyl adjacent to an activating group) is 1. The second-order valence-corrected chi connectivity index (χ2v) is 6.64. The molecular weight excluding hydrogens is 288 g/mol. The Balaban J connectivity index is 2.42. The van der Waals surface area contributed by atoms with Gasteiger partial charge >= 0.3 is 0 Å². The van der Waals surface area contributed by atoms with E-state index in [4.69, 9.17) is 5.73 Å². The summed E-state index contributed by atoms with van der Waals surface area (Å²) in [6.07, 6.45) is 2.16. The molecule has 1 aromatic carbocycles. The molecule has 18 heavy (non-hydrogen) atoms. The van der Waals surface area contributed by atoms with E-state index in [0.29, 0.717) is 5.41 Å². The number of rotatable bonds is 7. The van der Waals surface area contributed by atoms with Crippen molar-refractivity contribution in [2.75, 3.05) is 26.7 Å². The van der Waals surface area contributed by atoms with Crippen LogP contribution in [0.4, 0.5) is 0 Å². The number of hydrogen-bond donors (Lipinski definition) is 1. The van der Waals surface area contributed by atoms with Crippen LogP contribution in [0.1, 0.15) is 25.8 Å². The van der Waals surface area contributed by atoms with Crippen LogP contribution in [0.5, 0.6) is 0 Å². The first kappa shape index (κ1) is 15.7. The molecular formula is C15H25BrN2. The van der Waals surface area contributed by atoms with Crippen molar-refractivity contribution >= 4 is 15.9 Å². The van der Waals surface area contributed by atoms with Gasteiger partial charge in [-0.3, -0.25) is 0 Å². The van der Waals surface area contributed by atoms with Crippen molar-refractivity contribution in [3.8, 4) is 0 Å². The SMILES string of the molecule is CN(CCc1ccccc1Br)CC(C)(C)CCN. The Kier molecular flexibility index (Phi) is 6.33. The fourth-order valence-electron chi connectivity index (χ4n) is 2.29. The van der Waals surface area contributed by atoms with Crippen molar-refractivity contribution in [2.24, 2.45) is 11.1 Å². The Hall–Kier alpha value is -0.380. The third-order valence-corrected chi connectivity index (χ3v) is 4.01. The van der Waals surface area contributed by atoms with Crippen molar-refractivity contribution in [3.05, 3.63) is 34.3 Å². The van der Waals surface area contributed by atoms with E-state index in [1.807, 2.05) is 0 Å². The fourth-order valence-corrected chi connectivity index (χ4v) is 2.78. The third-order valence-electron chi connectivity index (χ3n) is 3.24. The van der Waals surface area contributed by atoms with Crippen LogP contribution in [0.15, 0.2) is 28.7 Å². The highest BCUT2D eigenvalue weighted by Crippen LogP contribution is 2.21. The van der Waals surface area contributed by atoms with Crippen molar-refractivity contribution in [1.82, 2.24) is 4.90 Å². The Morgan fingerprint density at radius 2 is 1.94 bits per heavy atom. The molecule has 0 unspecified atom stereocenters. The van der Waals surface area contributed by atoms with Gasteiger partial charge in [0.15, 0.2) is 0 Å². The van der Waals surface area contributed by atoms with Gasteiger partial charge in [0, 0.05) is 17.6 Å². The minimum atomic E-state index is 0.303. The molecule has 3 heteroatoms. The van der Waals surface area contributed by atoms with Gasteiger partial charge in [0.2, 0.25) is 0 Å². The molecule has 102 valence electrons. The lowest BCUT2D eigenvalue weighted by Gasteiger charge is -2.30. The van der Waals surface area contributed by atoms with Crippen LogP contribution in [-0.2, 0) is 6.42 Å². The molecule has 0 saturated heterocycles. The van der Waals surface area contributed by atoms with E-state index >= 15 is 0 Å². The van der Waals surface area contributed by atoms with E-state index in [2.05, 4.69) is 66.0 Å². The lowest BCUT2D eigenvalue weighted by Crippen LogP contribution is -2.34. The molecule has 0 aliphatic rings. The first-order valence-electron chi connectivity index (χ1n) is 6.56. The number of nitrogens with two attached hydrogens (primary N) is 1. The Labute approximate surface area is 120 Å². The van der Waals surface area contributed by atoms with Gasteiger partial charge in [0.05, 0.1) is 0 Å². The molecule has 0 radical (unpaired) electrons. The van der Waals surface area contributed by atoms with Gasteiger partial charge in [0.1, 0.15) is 0 Å². The average Bonchev–Trinajstić information content (AvgIpc) is 2.27. The Morgan fingerprint density at radius 3 is 2.56 bits per heavy atom. The molecule has 2 nitrogen and oxygen atoms in total. The summed E-state index contributed by atoms with van der Waals surface area (Å²) < 4.78 is 1.21. The lowest BCUT2D eigenvalue weighted by molar-refractivity contribution is 0.202.